The number of halogens is 2. The summed E-state index contributed by atoms with van der Waals surface area (Å²) in [7, 11) is 0. The van der Waals surface area contributed by atoms with Crippen molar-refractivity contribution in [1.82, 2.24) is 4.98 Å². The fourth-order valence-corrected chi connectivity index (χ4v) is 2.24. The highest BCUT2D eigenvalue weighted by Gasteiger charge is 2.05. The second kappa shape index (κ2) is 7.55. The molecule has 1 N–H and O–H groups in total. The first-order chi connectivity index (χ1) is 11.7. The van der Waals surface area contributed by atoms with Crippen LogP contribution in [0.3, 0.4) is 0 Å². The van der Waals surface area contributed by atoms with Gasteiger partial charge in [0.1, 0.15) is 24.0 Å². The van der Waals surface area contributed by atoms with E-state index < -0.39 is 0 Å². The molecule has 0 amide bonds. The minimum absolute atomic E-state index is 0.104. The minimum atomic E-state index is -0.338. The Hall–Kier alpha value is -2.95. The number of benzene rings is 2. The van der Waals surface area contributed by atoms with E-state index >= 15 is 0 Å². The van der Waals surface area contributed by atoms with Crippen LogP contribution in [0.2, 0.25) is 0 Å². The molecule has 1 aromatic heterocycles. The fraction of sp³-hybridized carbons (Fsp3) is 0.105. The van der Waals surface area contributed by atoms with Crippen LogP contribution in [0.1, 0.15) is 11.1 Å². The summed E-state index contributed by atoms with van der Waals surface area (Å²) in [4.78, 5) is 3.95. The van der Waals surface area contributed by atoms with Crippen molar-refractivity contribution in [3.63, 3.8) is 0 Å². The molecule has 0 fully saturated rings. The van der Waals surface area contributed by atoms with Crippen molar-refractivity contribution in [1.29, 1.82) is 0 Å². The van der Waals surface area contributed by atoms with Crippen LogP contribution >= 0.6 is 0 Å². The number of hydrogen-bond acceptors (Lipinski definition) is 3. The molecular weight excluding hydrogens is 310 g/mol. The molecule has 0 aliphatic heterocycles. The number of anilines is 1. The summed E-state index contributed by atoms with van der Waals surface area (Å²) in [6.07, 6.45) is 3.22. The maximum absolute atomic E-state index is 13.9. The smallest absolute Gasteiger partial charge is 0.138 e. The highest BCUT2D eigenvalue weighted by Crippen LogP contribution is 2.18. The summed E-state index contributed by atoms with van der Waals surface area (Å²) in [5.41, 5.74) is 1.99. The van der Waals surface area contributed by atoms with Crippen LogP contribution in [0, 0.1) is 11.6 Å². The predicted molar refractivity (Wildman–Crippen MR) is 88.7 cm³/mol. The van der Waals surface area contributed by atoms with E-state index in [1.807, 2.05) is 6.07 Å². The van der Waals surface area contributed by atoms with Gasteiger partial charge in [0.15, 0.2) is 0 Å². The third-order valence-corrected chi connectivity index (χ3v) is 3.46. The predicted octanol–water partition coefficient (Wildman–Crippen LogP) is 4.55. The van der Waals surface area contributed by atoms with Crippen molar-refractivity contribution in [2.75, 3.05) is 5.32 Å². The first-order valence-corrected chi connectivity index (χ1v) is 7.50. The number of aromatic nitrogens is 1. The molecule has 0 spiro atoms. The number of hydrogen-bond donors (Lipinski definition) is 1. The van der Waals surface area contributed by atoms with Crippen molar-refractivity contribution in [2.45, 2.75) is 13.2 Å². The van der Waals surface area contributed by atoms with Gasteiger partial charge in [-0.1, -0.05) is 12.1 Å². The minimum Gasteiger partial charge on any atom is -0.487 e. The SMILES string of the molecule is Fc1cccc(CNc2ccc(F)c(COc3cccnc3)c2)c1. The van der Waals surface area contributed by atoms with Crippen LogP contribution in [0.15, 0.2) is 67.0 Å². The molecule has 3 nitrogen and oxygen atoms in total. The molecule has 0 saturated heterocycles. The highest BCUT2D eigenvalue weighted by atomic mass is 19.1. The zero-order chi connectivity index (χ0) is 16.8. The number of nitrogens with zero attached hydrogens (tertiary/aromatic N) is 1. The van der Waals surface area contributed by atoms with Gasteiger partial charge in [-0.15, -0.1) is 0 Å². The topological polar surface area (TPSA) is 34.1 Å². The summed E-state index contributed by atoms with van der Waals surface area (Å²) in [6, 6.07) is 14.6. The van der Waals surface area contributed by atoms with E-state index in [9.17, 15) is 8.78 Å². The first kappa shape index (κ1) is 15.9. The van der Waals surface area contributed by atoms with E-state index in [2.05, 4.69) is 10.3 Å². The van der Waals surface area contributed by atoms with Gasteiger partial charge >= 0.3 is 0 Å². The lowest BCUT2D eigenvalue weighted by Crippen LogP contribution is -2.03. The Morgan fingerprint density at radius 3 is 2.71 bits per heavy atom. The lowest BCUT2D eigenvalue weighted by Gasteiger charge is -2.11. The molecule has 3 rings (SSSR count). The molecule has 122 valence electrons. The van der Waals surface area contributed by atoms with Gasteiger partial charge in [0, 0.05) is 24.0 Å². The fourth-order valence-electron chi connectivity index (χ4n) is 2.24. The molecule has 2 aromatic carbocycles. The van der Waals surface area contributed by atoms with E-state index in [0.29, 0.717) is 17.9 Å². The van der Waals surface area contributed by atoms with Crippen LogP contribution in [0.5, 0.6) is 5.75 Å². The summed E-state index contributed by atoms with van der Waals surface area (Å²) < 4.78 is 32.6. The molecule has 0 radical (unpaired) electrons. The highest BCUT2D eigenvalue weighted by molar-refractivity contribution is 5.46. The maximum atomic E-state index is 13.9. The molecule has 0 unspecified atom stereocenters. The molecule has 5 heteroatoms. The summed E-state index contributed by atoms with van der Waals surface area (Å²) in [5, 5.41) is 3.15. The van der Waals surface area contributed by atoms with Crippen molar-refractivity contribution in [3.8, 4) is 5.75 Å². The molecular formula is C19H16F2N2O. The van der Waals surface area contributed by atoms with Crippen LogP contribution in [-0.4, -0.2) is 4.98 Å². The van der Waals surface area contributed by atoms with Gasteiger partial charge in [-0.2, -0.15) is 0 Å². The van der Waals surface area contributed by atoms with Gasteiger partial charge in [-0.05, 0) is 48.0 Å². The van der Waals surface area contributed by atoms with E-state index in [-0.39, 0.29) is 18.2 Å². The van der Waals surface area contributed by atoms with Crippen LogP contribution in [0.4, 0.5) is 14.5 Å². The lowest BCUT2D eigenvalue weighted by molar-refractivity contribution is 0.298. The monoisotopic (exact) mass is 326 g/mol. The average Bonchev–Trinajstić information content (AvgIpc) is 2.61. The van der Waals surface area contributed by atoms with Crippen LogP contribution in [-0.2, 0) is 13.2 Å². The number of rotatable bonds is 6. The molecule has 3 aromatic rings. The Morgan fingerprint density at radius 2 is 1.92 bits per heavy atom. The van der Waals surface area contributed by atoms with Crippen molar-refractivity contribution in [3.05, 3.63) is 89.8 Å². The second-order valence-electron chi connectivity index (χ2n) is 5.27. The van der Waals surface area contributed by atoms with Gasteiger partial charge in [0.25, 0.3) is 0 Å². The van der Waals surface area contributed by atoms with Crippen molar-refractivity contribution < 1.29 is 13.5 Å². The number of pyridine rings is 1. The van der Waals surface area contributed by atoms with E-state index in [1.165, 1.54) is 18.2 Å². The molecule has 24 heavy (non-hydrogen) atoms. The third kappa shape index (κ3) is 4.29. The van der Waals surface area contributed by atoms with Crippen molar-refractivity contribution in [2.24, 2.45) is 0 Å². The van der Waals surface area contributed by atoms with Gasteiger partial charge in [-0.3, -0.25) is 4.98 Å². The number of ether oxygens (including phenoxy) is 1. The Bertz CT molecular complexity index is 809. The first-order valence-electron chi connectivity index (χ1n) is 7.50. The molecule has 0 aliphatic carbocycles. The van der Waals surface area contributed by atoms with Gasteiger partial charge in [0.05, 0.1) is 6.20 Å². The van der Waals surface area contributed by atoms with Gasteiger partial charge in [-0.25, -0.2) is 8.78 Å². The number of nitrogens with one attached hydrogen (secondary N) is 1. The normalized spacial score (nSPS) is 10.4. The van der Waals surface area contributed by atoms with Crippen LogP contribution < -0.4 is 10.1 Å². The zero-order valence-electron chi connectivity index (χ0n) is 12.9. The van der Waals surface area contributed by atoms with E-state index in [0.717, 1.165) is 11.3 Å². The summed E-state index contributed by atoms with van der Waals surface area (Å²) in [6.45, 7) is 0.555. The molecule has 0 bridgehead atoms. The molecule has 1 heterocycles. The molecule has 0 aliphatic rings. The molecule has 0 atom stereocenters. The Balaban J connectivity index is 1.65. The molecule has 0 saturated carbocycles. The standard InChI is InChI=1S/C19H16F2N2O/c20-16-4-1-3-14(9-16)11-23-17-6-7-19(21)15(10-17)13-24-18-5-2-8-22-12-18/h1-10,12,23H,11,13H2. The van der Waals surface area contributed by atoms with Gasteiger partial charge in [0.2, 0.25) is 0 Å². The van der Waals surface area contributed by atoms with Crippen LogP contribution in [0.25, 0.3) is 0 Å². The largest absolute Gasteiger partial charge is 0.487 e. The maximum Gasteiger partial charge on any atom is 0.138 e. The van der Waals surface area contributed by atoms with E-state index in [4.69, 9.17) is 4.74 Å². The average molecular weight is 326 g/mol. The van der Waals surface area contributed by atoms with E-state index in [1.54, 1.807) is 42.7 Å². The quantitative estimate of drug-likeness (QED) is 0.721. The Kier molecular flexibility index (Phi) is 5.01. The Morgan fingerprint density at radius 1 is 1.00 bits per heavy atom. The zero-order valence-corrected chi connectivity index (χ0v) is 12.9. The van der Waals surface area contributed by atoms with Gasteiger partial charge < -0.3 is 10.1 Å². The van der Waals surface area contributed by atoms with Crippen molar-refractivity contribution >= 4 is 5.69 Å². The summed E-state index contributed by atoms with van der Waals surface area (Å²) in [5.74, 6) is -0.0378. The lowest BCUT2D eigenvalue weighted by atomic mass is 10.1. The summed E-state index contributed by atoms with van der Waals surface area (Å²) >= 11 is 0. The third-order valence-electron chi connectivity index (χ3n) is 3.46. The second-order valence-corrected chi connectivity index (χ2v) is 5.27. The Labute approximate surface area is 138 Å².